The van der Waals surface area contributed by atoms with E-state index in [4.69, 9.17) is 0 Å². The molecule has 0 heteroatoms. The lowest BCUT2D eigenvalue weighted by Crippen LogP contribution is -2.09. The molecule has 132 valence electrons. The van der Waals surface area contributed by atoms with E-state index in [1.807, 2.05) is 0 Å². The van der Waals surface area contributed by atoms with Crippen molar-refractivity contribution in [2.24, 2.45) is 0 Å². The summed E-state index contributed by atoms with van der Waals surface area (Å²) in [6.45, 7) is 9.00. The second kappa shape index (κ2) is 5.71. The molecule has 0 saturated heterocycles. The highest BCUT2D eigenvalue weighted by atomic mass is 14.4. The van der Waals surface area contributed by atoms with E-state index in [2.05, 4.69) is 64.1 Å². The van der Waals surface area contributed by atoms with Crippen LogP contribution in [0.2, 0.25) is 0 Å². The minimum Gasteiger partial charge on any atom is -0.0618 e. The number of hydrogen-bond acceptors (Lipinski definition) is 0. The molecule has 0 amide bonds. The molecule has 1 saturated carbocycles. The summed E-state index contributed by atoms with van der Waals surface area (Å²) in [4.78, 5) is 0. The molecule has 2 aromatic carbocycles. The van der Waals surface area contributed by atoms with Crippen molar-refractivity contribution < 1.29 is 0 Å². The van der Waals surface area contributed by atoms with Gasteiger partial charge in [-0.25, -0.2) is 0 Å². The maximum atomic E-state index is 2.50. The first-order chi connectivity index (χ1) is 12.5. The standard InChI is InChI=1S/C26H28/c1-15-9-21-13-19-5-6-20-14-22-10-16(2)18(4)12-26(22)24(20)8-7-23(19)25(21)11-17(15)3/h9-14,23-24H,5-8H2,1-4H3. The normalized spacial score (nSPS) is 23.2. The van der Waals surface area contributed by atoms with Gasteiger partial charge in [-0.2, -0.15) is 0 Å². The van der Waals surface area contributed by atoms with E-state index in [1.165, 1.54) is 59.1 Å². The van der Waals surface area contributed by atoms with Gasteiger partial charge in [-0.05, 0) is 97.9 Å². The lowest BCUT2D eigenvalue weighted by Gasteiger charge is -2.26. The molecule has 0 heterocycles. The Kier molecular flexibility index (Phi) is 3.54. The van der Waals surface area contributed by atoms with Gasteiger partial charge in [0, 0.05) is 11.8 Å². The van der Waals surface area contributed by atoms with Crippen molar-refractivity contribution in [2.75, 3.05) is 0 Å². The van der Waals surface area contributed by atoms with Crippen LogP contribution in [0.5, 0.6) is 0 Å². The van der Waals surface area contributed by atoms with Crippen molar-refractivity contribution in [1.29, 1.82) is 0 Å². The lowest BCUT2D eigenvalue weighted by atomic mass is 9.78. The molecule has 0 spiro atoms. The summed E-state index contributed by atoms with van der Waals surface area (Å²) in [6, 6.07) is 9.74. The van der Waals surface area contributed by atoms with Crippen LogP contribution in [0.3, 0.4) is 0 Å². The predicted molar refractivity (Wildman–Crippen MR) is 112 cm³/mol. The first kappa shape index (κ1) is 16.1. The molecule has 0 aromatic heterocycles. The Morgan fingerprint density at radius 1 is 0.577 bits per heavy atom. The molecular weight excluding hydrogens is 312 g/mol. The molecular formula is C26H28. The molecule has 0 N–H and O–H groups in total. The fourth-order valence-corrected chi connectivity index (χ4v) is 5.37. The van der Waals surface area contributed by atoms with Gasteiger partial charge in [-0.3, -0.25) is 0 Å². The summed E-state index contributed by atoms with van der Waals surface area (Å²) < 4.78 is 0. The van der Waals surface area contributed by atoms with Crippen molar-refractivity contribution in [2.45, 2.75) is 65.2 Å². The SMILES string of the molecule is Cc1cc2c(cc1C)C1CCC3C(=Cc4cc(C)c(C)cc43)CCC1=C2. The zero-order valence-corrected chi connectivity index (χ0v) is 16.4. The molecule has 2 atom stereocenters. The van der Waals surface area contributed by atoms with Crippen molar-refractivity contribution in [1.82, 2.24) is 0 Å². The van der Waals surface area contributed by atoms with Gasteiger partial charge < -0.3 is 0 Å². The van der Waals surface area contributed by atoms with E-state index in [9.17, 15) is 0 Å². The van der Waals surface area contributed by atoms with Crippen LogP contribution >= 0.6 is 0 Å². The highest BCUT2D eigenvalue weighted by molar-refractivity contribution is 5.71. The van der Waals surface area contributed by atoms with Crippen molar-refractivity contribution in [3.63, 3.8) is 0 Å². The predicted octanol–water partition coefficient (Wildman–Crippen LogP) is 7.16. The summed E-state index contributed by atoms with van der Waals surface area (Å²) >= 11 is 0. The van der Waals surface area contributed by atoms with Gasteiger partial charge in [-0.15, -0.1) is 0 Å². The first-order valence-corrected chi connectivity index (χ1v) is 10.1. The van der Waals surface area contributed by atoms with Crippen LogP contribution < -0.4 is 0 Å². The van der Waals surface area contributed by atoms with Gasteiger partial charge in [0.05, 0.1) is 0 Å². The molecule has 3 aliphatic rings. The van der Waals surface area contributed by atoms with Crippen LogP contribution in [0.4, 0.5) is 0 Å². The second-order valence-electron chi connectivity index (χ2n) is 8.75. The van der Waals surface area contributed by atoms with E-state index in [1.54, 1.807) is 22.3 Å². The third kappa shape index (κ3) is 2.35. The highest BCUT2D eigenvalue weighted by Gasteiger charge is 2.33. The quantitative estimate of drug-likeness (QED) is 0.477. The minimum atomic E-state index is 0.654. The van der Waals surface area contributed by atoms with Crippen LogP contribution in [-0.4, -0.2) is 0 Å². The molecule has 0 aliphatic heterocycles. The smallest absolute Gasteiger partial charge is 0.00579 e. The summed E-state index contributed by atoms with van der Waals surface area (Å²) in [5, 5.41) is 0. The zero-order chi connectivity index (χ0) is 18.0. The lowest BCUT2D eigenvalue weighted by molar-refractivity contribution is 0.561. The molecule has 1 fully saturated rings. The van der Waals surface area contributed by atoms with Crippen LogP contribution in [0.1, 0.15) is 82.0 Å². The molecule has 2 aromatic rings. The topological polar surface area (TPSA) is 0 Å². The average Bonchev–Trinajstić information content (AvgIpc) is 3.07. The fourth-order valence-electron chi connectivity index (χ4n) is 5.37. The summed E-state index contributed by atoms with van der Waals surface area (Å²) in [6.07, 6.45) is 10.0. The van der Waals surface area contributed by atoms with Gasteiger partial charge in [0.2, 0.25) is 0 Å². The number of benzene rings is 2. The summed E-state index contributed by atoms with van der Waals surface area (Å²) in [7, 11) is 0. The van der Waals surface area contributed by atoms with Crippen LogP contribution in [0.25, 0.3) is 12.2 Å². The summed E-state index contributed by atoms with van der Waals surface area (Å²) in [5.41, 5.74) is 15.2. The number of rotatable bonds is 0. The van der Waals surface area contributed by atoms with E-state index in [0.717, 1.165) is 0 Å². The molecule has 0 bridgehead atoms. The fraction of sp³-hybridized carbons (Fsp3) is 0.385. The maximum Gasteiger partial charge on any atom is 0.00579 e. The third-order valence-electron chi connectivity index (χ3n) is 7.17. The van der Waals surface area contributed by atoms with Crippen molar-refractivity contribution >= 4 is 12.2 Å². The second-order valence-corrected chi connectivity index (χ2v) is 8.75. The number of hydrogen-bond donors (Lipinski definition) is 0. The average molecular weight is 341 g/mol. The number of fused-ring (bicyclic) bond motifs is 6. The Morgan fingerprint density at radius 2 is 0.962 bits per heavy atom. The molecule has 0 nitrogen and oxygen atoms in total. The summed E-state index contributed by atoms with van der Waals surface area (Å²) in [5.74, 6) is 1.31. The maximum absolute atomic E-state index is 2.50. The molecule has 0 radical (unpaired) electrons. The van der Waals surface area contributed by atoms with E-state index >= 15 is 0 Å². The zero-order valence-electron chi connectivity index (χ0n) is 16.4. The Balaban J connectivity index is 1.51. The minimum absolute atomic E-state index is 0.654. The van der Waals surface area contributed by atoms with Gasteiger partial charge >= 0.3 is 0 Å². The van der Waals surface area contributed by atoms with Gasteiger partial charge in [0.25, 0.3) is 0 Å². The molecule has 2 unspecified atom stereocenters. The first-order valence-electron chi connectivity index (χ1n) is 10.1. The van der Waals surface area contributed by atoms with Crippen LogP contribution in [0.15, 0.2) is 35.4 Å². The van der Waals surface area contributed by atoms with Crippen molar-refractivity contribution in [3.8, 4) is 0 Å². The van der Waals surface area contributed by atoms with E-state index in [0.29, 0.717) is 11.8 Å². The Morgan fingerprint density at radius 3 is 1.38 bits per heavy atom. The largest absolute Gasteiger partial charge is 0.0618 e. The third-order valence-corrected chi connectivity index (χ3v) is 7.17. The van der Waals surface area contributed by atoms with Crippen LogP contribution in [-0.2, 0) is 0 Å². The molecule has 3 aliphatic carbocycles. The molecule has 26 heavy (non-hydrogen) atoms. The highest BCUT2D eigenvalue weighted by Crippen LogP contribution is 2.50. The Hall–Kier alpha value is -2.08. The van der Waals surface area contributed by atoms with E-state index in [-0.39, 0.29) is 0 Å². The monoisotopic (exact) mass is 340 g/mol. The van der Waals surface area contributed by atoms with Gasteiger partial charge in [0.15, 0.2) is 0 Å². The molecule has 5 rings (SSSR count). The Bertz CT molecular complexity index is 902. The van der Waals surface area contributed by atoms with Gasteiger partial charge in [-0.1, -0.05) is 47.6 Å². The number of allylic oxidation sites excluding steroid dienone is 2. The number of aryl methyl sites for hydroxylation is 4. The Labute approximate surface area is 157 Å². The van der Waals surface area contributed by atoms with Crippen LogP contribution in [0, 0.1) is 27.7 Å². The van der Waals surface area contributed by atoms with Crippen molar-refractivity contribution in [3.05, 3.63) is 79.9 Å². The van der Waals surface area contributed by atoms with Gasteiger partial charge in [0.1, 0.15) is 0 Å². The van der Waals surface area contributed by atoms with E-state index < -0.39 is 0 Å².